The maximum absolute atomic E-state index is 4.69. The van der Waals surface area contributed by atoms with Gasteiger partial charge in [-0.3, -0.25) is 4.90 Å². The van der Waals surface area contributed by atoms with E-state index in [0.717, 1.165) is 5.82 Å². The van der Waals surface area contributed by atoms with Crippen molar-refractivity contribution in [1.82, 2.24) is 9.88 Å². The van der Waals surface area contributed by atoms with Crippen LogP contribution in [0, 0.1) is 0 Å². The standard InChI is InChI=1S/C19H31N3/c1-2-3-13-22-14-7-6-10-18(22)16-11-12-19(20-15-16)21-17-8-4-5-9-17/h11-12,15,17-18H,2-10,13-14H2,1H3,(H,20,21)/t18-/m1/s1. The Morgan fingerprint density at radius 1 is 1.14 bits per heavy atom. The SMILES string of the molecule is CCCCN1CCCC[C@@H]1c1ccc(NC2CCCC2)nc1. The Hall–Kier alpha value is -1.09. The Bertz CT molecular complexity index is 436. The fraction of sp³-hybridized carbons (Fsp3) is 0.737. The molecule has 3 rings (SSSR count). The highest BCUT2D eigenvalue weighted by molar-refractivity contribution is 5.37. The van der Waals surface area contributed by atoms with Crippen LogP contribution in [-0.4, -0.2) is 29.0 Å². The summed E-state index contributed by atoms with van der Waals surface area (Å²) in [5, 5.41) is 3.59. The van der Waals surface area contributed by atoms with Crippen molar-refractivity contribution >= 4 is 5.82 Å². The maximum Gasteiger partial charge on any atom is 0.126 e. The van der Waals surface area contributed by atoms with E-state index in [4.69, 9.17) is 4.98 Å². The number of unbranched alkanes of at least 4 members (excludes halogenated alkanes) is 1. The Labute approximate surface area is 135 Å². The molecule has 3 heteroatoms. The van der Waals surface area contributed by atoms with Gasteiger partial charge in [0.25, 0.3) is 0 Å². The summed E-state index contributed by atoms with van der Waals surface area (Å²) in [6, 6.07) is 5.74. The Morgan fingerprint density at radius 2 is 1.95 bits per heavy atom. The largest absolute Gasteiger partial charge is 0.367 e. The molecule has 1 saturated heterocycles. The first kappa shape index (κ1) is 15.8. The van der Waals surface area contributed by atoms with Gasteiger partial charge in [0.05, 0.1) is 0 Å². The Balaban J connectivity index is 1.62. The predicted molar refractivity (Wildman–Crippen MR) is 93.2 cm³/mol. The second kappa shape index (κ2) is 7.96. The van der Waals surface area contributed by atoms with Gasteiger partial charge < -0.3 is 5.32 Å². The number of hydrogen-bond donors (Lipinski definition) is 1. The van der Waals surface area contributed by atoms with Gasteiger partial charge in [-0.15, -0.1) is 0 Å². The number of rotatable bonds is 6. The van der Waals surface area contributed by atoms with E-state index in [1.807, 2.05) is 0 Å². The molecule has 1 aliphatic heterocycles. The van der Waals surface area contributed by atoms with E-state index in [9.17, 15) is 0 Å². The third-order valence-electron chi connectivity index (χ3n) is 5.29. The van der Waals surface area contributed by atoms with Crippen LogP contribution in [0.2, 0.25) is 0 Å². The van der Waals surface area contributed by atoms with Gasteiger partial charge in [-0.05, 0) is 56.8 Å². The predicted octanol–water partition coefficient (Wildman–Crippen LogP) is 4.76. The fourth-order valence-corrected chi connectivity index (χ4v) is 3.96. The molecule has 2 heterocycles. The third kappa shape index (κ3) is 4.01. The van der Waals surface area contributed by atoms with Crippen molar-refractivity contribution in [1.29, 1.82) is 0 Å². The Morgan fingerprint density at radius 3 is 2.68 bits per heavy atom. The van der Waals surface area contributed by atoms with Gasteiger partial charge in [-0.2, -0.15) is 0 Å². The molecule has 1 aromatic heterocycles. The van der Waals surface area contributed by atoms with Gasteiger partial charge in [-0.1, -0.05) is 38.7 Å². The minimum atomic E-state index is 0.591. The summed E-state index contributed by atoms with van der Waals surface area (Å²) in [5.41, 5.74) is 1.41. The van der Waals surface area contributed by atoms with Crippen LogP contribution in [0.15, 0.2) is 18.3 Å². The highest BCUT2D eigenvalue weighted by Gasteiger charge is 2.23. The van der Waals surface area contributed by atoms with Gasteiger partial charge in [-0.25, -0.2) is 4.98 Å². The average molecular weight is 301 g/mol. The summed E-state index contributed by atoms with van der Waals surface area (Å²) < 4.78 is 0. The molecule has 0 bridgehead atoms. The second-order valence-corrected chi connectivity index (χ2v) is 7.00. The van der Waals surface area contributed by atoms with Crippen LogP contribution >= 0.6 is 0 Å². The van der Waals surface area contributed by atoms with E-state index in [-0.39, 0.29) is 0 Å². The molecule has 1 N–H and O–H groups in total. The number of piperidine rings is 1. The van der Waals surface area contributed by atoms with E-state index < -0.39 is 0 Å². The zero-order valence-electron chi connectivity index (χ0n) is 14.1. The highest BCUT2D eigenvalue weighted by Crippen LogP contribution is 2.31. The van der Waals surface area contributed by atoms with Crippen molar-refractivity contribution in [3.05, 3.63) is 23.9 Å². The quantitative estimate of drug-likeness (QED) is 0.821. The molecular weight excluding hydrogens is 270 g/mol. The van der Waals surface area contributed by atoms with Gasteiger partial charge >= 0.3 is 0 Å². The topological polar surface area (TPSA) is 28.2 Å². The molecular formula is C19H31N3. The van der Waals surface area contributed by atoms with E-state index in [0.29, 0.717) is 12.1 Å². The summed E-state index contributed by atoms with van der Waals surface area (Å²) in [6.45, 7) is 4.78. The number of anilines is 1. The first-order valence-corrected chi connectivity index (χ1v) is 9.33. The number of aromatic nitrogens is 1. The molecule has 0 aromatic carbocycles. The van der Waals surface area contributed by atoms with Crippen molar-refractivity contribution in [2.24, 2.45) is 0 Å². The molecule has 1 aliphatic carbocycles. The molecule has 2 aliphatic rings. The van der Waals surface area contributed by atoms with Crippen molar-refractivity contribution in [3.63, 3.8) is 0 Å². The zero-order chi connectivity index (χ0) is 15.2. The average Bonchev–Trinajstić information content (AvgIpc) is 3.07. The molecule has 1 saturated carbocycles. The molecule has 0 spiro atoms. The lowest BCUT2D eigenvalue weighted by atomic mass is 9.96. The summed E-state index contributed by atoms with van der Waals surface area (Å²) in [6.07, 6.45) is 14.1. The van der Waals surface area contributed by atoms with Crippen molar-refractivity contribution in [3.8, 4) is 0 Å². The van der Waals surface area contributed by atoms with Gasteiger partial charge in [0.15, 0.2) is 0 Å². The summed E-state index contributed by atoms with van der Waals surface area (Å²) in [4.78, 5) is 7.37. The third-order valence-corrected chi connectivity index (χ3v) is 5.29. The minimum Gasteiger partial charge on any atom is -0.367 e. The highest BCUT2D eigenvalue weighted by atomic mass is 15.2. The van der Waals surface area contributed by atoms with Crippen LogP contribution in [0.5, 0.6) is 0 Å². The summed E-state index contributed by atoms with van der Waals surface area (Å²) >= 11 is 0. The first-order chi connectivity index (χ1) is 10.9. The summed E-state index contributed by atoms with van der Waals surface area (Å²) in [7, 11) is 0. The lowest BCUT2D eigenvalue weighted by molar-refractivity contribution is 0.146. The molecule has 0 unspecified atom stereocenters. The number of nitrogens with zero attached hydrogens (tertiary/aromatic N) is 2. The molecule has 3 nitrogen and oxygen atoms in total. The van der Waals surface area contributed by atoms with Crippen LogP contribution in [0.4, 0.5) is 5.82 Å². The lowest BCUT2D eigenvalue weighted by Crippen LogP contribution is -2.34. The smallest absolute Gasteiger partial charge is 0.126 e. The van der Waals surface area contributed by atoms with Crippen molar-refractivity contribution in [2.45, 2.75) is 76.8 Å². The molecule has 1 atom stereocenters. The number of pyridine rings is 1. The van der Waals surface area contributed by atoms with Crippen molar-refractivity contribution < 1.29 is 0 Å². The number of likely N-dealkylation sites (tertiary alicyclic amines) is 1. The molecule has 1 aromatic rings. The van der Waals surface area contributed by atoms with E-state index in [1.165, 1.54) is 76.4 Å². The lowest BCUT2D eigenvalue weighted by Gasteiger charge is -2.36. The maximum atomic E-state index is 4.69. The summed E-state index contributed by atoms with van der Waals surface area (Å²) in [5.74, 6) is 1.06. The number of hydrogen-bond acceptors (Lipinski definition) is 3. The van der Waals surface area contributed by atoms with E-state index >= 15 is 0 Å². The van der Waals surface area contributed by atoms with Crippen molar-refractivity contribution in [2.75, 3.05) is 18.4 Å². The van der Waals surface area contributed by atoms with Gasteiger partial charge in [0.1, 0.15) is 5.82 Å². The van der Waals surface area contributed by atoms with Crippen LogP contribution in [0.3, 0.4) is 0 Å². The fourth-order valence-electron chi connectivity index (χ4n) is 3.96. The minimum absolute atomic E-state index is 0.591. The van der Waals surface area contributed by atoms with Gasteiger partial charge in [0, 0.05) is 18.3 Å². The van der Waals surface area contributed by atoms with E-state index in [2.05, 4.69) is 35.5 Å². The molecule has 2 fully saturated rings. The van der Waals surface area contributed by atoms with Crippen LogP contribution in [0.1, 0.15) is 76.3 Å². The van der Waals surface area contributed by atoms with Crippen LogP contribution in [0.25, 0.3) is 0 Å². The second-order valence-electron chi connectivity index (χ2n) is 7.00. The molecule has 0 amide bonds. The molecule has 22 heavy (non-hydrogen) atoms. The molecule has 0 radical (unpaired) electrons. The van der Waals surface area contributed by atoms with E-state index in [1.54, 1.807) is 0 Å². The van der Waals surface area contributed by atoms with Crippen LogP contribution in [-0.2, 0) is 0 Å². The Kier molecular flexibility index (Phi) is 5.71. The monoisotopic (exact) mass is 301 g/mol. The normalized spacial score (nSPS) is 23.8. The van der Waals surface area contributed by atoms with Crippen LogP contribution < -0.4 is 5.32 Å². The molecule has 122 valence electrons. The number of nitrogens with one attached hydrogen (secondary N) is 1. The van der Waals surface area contributed by atoms with Gasteiger partial charge in [0.2, 0.25) is 0 Å². The first-order valence-electron chi connectivity index (χ1n) is 9.33. The zero-order valence-corrected chi connectivity index (χ0v) is 14.1.